The summed E-state index contributed by atoms with van der Waals surface area (Å²) in [5.41, 5.74) is 5.51. The van der Waals surface area contributed by atoms with Crippen molar-refractivity contribution in [1.29, 1.82) is 0 Å². The first-order chi connectivity index (χ1) is 7.96. The van der Waals surface area contributed by atoms with E-state index in [-0.39, 0.29) is 17.6 Å². The van der Waals surface area contributed by atoms with Gasteiger partial charge in [-0.1, -0.05) is 20.8 Å². The predicted octanol–water partition coefficient (Wildman–Crippen LogP) is 2.01. The molecular weight excluding hydrogens is 216 g/mol. The second-order valence-corrected chi connectivity index (χ2v) is 5.24. The van der Waals surface area contributed by atoms with Crippen molar-refractivity contribution in [2.45, 2.75) is 46.1 Å². The second kappa shape index (κ2) is 5.63. The number of hydrogen-bond donors (Lipinski definition) is 1. The summed E-state index contributed by atoms with van der Waals surface area (Å²) in [6, 6.07) is -0.383. The lowest BCUT2D eigenvalue weighted by Crippen LogP contribution is -2.41. The third-order valence-electron chi connectivity index (χ3n) is 4.16. The van der Waals surface area contributed by atoms with Crippen LogP contribution < -0.4 is 5.73 Å². The molecule has 1 rings (SSSR count). The zero-order chi connectivity index (χ0) is 13.1. The summed E-state index contributed by atoms with van der Waals surface area (Å²) < 4.78 is 7.20. The highest BCUT2D eigenvalue weighted by molar-refractivity contribution is 5.70. The number of hydrogen-bond acceptors (Lipinski definition) is 2. The number of carbonyl (C=O) groups is 1. The molecule has 2 N–H and O–H groups in total. The number of rotatable bonds is 3. The Morgan fingerprint density at radius 1 is 1.59 bits per heavy atom. The number of ether oxygens (including phenoxy) is 1. The number of urea groups is 1. The molecule has 4 nitrogen and oxygen atoms in total. The van der Waals surface area contributed by atoms with Crippen LogP contribution in [0.15, 0.2) is 0 Å². The average Bonchev–Trinajstić information content (AvgIpc) is 2.46. The number of amides is 2. The van der Waals surface area contributed by atoms with Gasteiger partial charge in [-0.15, -0.1) is 0 Å². The molecule has 3 atom stereocenters. The molecule has 1 aliphatic rings. The van der Waals surface area contributed by atoms with E-state index in [1.54, 1.807) is 11.7 Å². The Labute approximate surface area is 104 Å². The van der Waals surface area contributed by atoms with E-state index in [2.05, 4.69) is 20.8 Å². The van der Waals surface area contributed by atoms with E-state index in [1.165, 1.54) is 0 Å². The second-order valence-electron chi connectivity index (χ2n) is 5.24. The number of methoxy groups -OCH3 is 1. The summed E-state index contributed by atoms with van der Waals surface area (Å²) in [5.74, 6) is 0.396. The molecule has 0 bridgehead atoms. The fraction of sp³-hybridized carbons (Fsp3) is 0.846. The molecule has 2 amide bonds. The molecule has 0 saturated heterocycles. The smallest absolute Gasteiger partial charge is 0.377 e. The van der Waals surface area contributed by atoms with E-state index in [4.69, 9.17) is 10.5 Å². The lowest BCUT2D eigenvalue weighted by Gasteiger charge is -2.35. The van der Waals surface area contributed by atoms with Crippen molar-refractivity contribution >= 4 is 12.2 Å². The summed E-state index contributed by atoms with van der Waals surface area (Å²) in [6.07, 6.45) is 5.14. The molecule has 0 radical (unpaired) electrons. The number of nitrogens with two attached hydrogens (primary N) is 1. The maximum Gasteiger partial charge on any atom is 0.488 e. The van der Waals surface area contributed by atoms with E-state index >= 15 is 0 Å². The van der Waals surface area contributed by atoms with Gasteiger partial charge >= 0.3 is 6.03 Å². The van der Waals surface area contributed by atoms with Gasteiger partial charge < -0.3 is 4.74 Å². The van der Waals surface area contributed by atoms with Crippen LogP contribution in [0.2, 0.25) is 0 Å². The molecule has 3 unspecified atom stereocenters. The van der Waals surface area contributed by atoms with Crippen molar-refractivity contribution < 1.29 is 14.1 Å². The minimum absolute atomic E-state index is 0.0489. The van der Waals surface area contributed by atoms with Crippen molar-refractivity contribution in [3.8, 4) is 0 Å². The molecule has 4 heteroatoms. The molecule has 0 aromatic carbocycles. The molecule has 0 fully saturated rings. The van der Waals surface area contributed by atoms with Crippen molar-refractivity contribution in [2.24, 2.45) is 17.1 Å². The van der Waals surface area contributed by atoms with E-state index in [0.29, 0.717) is 12.5 Å². The summed E-state index contributed by atoms with van der Waals surface area (Å²) in [4.78, 5) is 11.4. The molecule has 0 spiro atoms. The van der Waals surface area contributed by atoms with Crippen LogP contribution in [-0.2, 0) is 4.74 Å². The van der Waals surface area contributed by atoms with Gasteiger partial charge in [-0.2, -0.15) is 9.37 Å². The van der Waals surface area contributed by atoms with Gasteiger partial charge in [-0.3, -0.25) is 5.73 Å². The Morgan fingerprint density at radius 3 is 2.65 bits per heavy atom. The van der Waals surface area contributed by atoms with Gasteiger partial charge in [0.2, 0.25) is 0 Å². The SMILES string of the molecule is CCC1C=[N+](C(N)=O)CC(OC)C(C)(CC)C1. The van der Waals surface area contributed by atoms with Gasteiger partial charge in [0, 0.05) is 13.0 Å². The van der Waals surface area contributed by atoms with Crippen LogP contribution in [0.1, 0.15) is 40.0 Å². The van der Waals surface area contributed by atoms with Gasteiger partial charge in [0.25, 0.3) is 0 Å². The minimum Gasteiger partial charge on any atom is -0.377 e. The van der Waals surface area contributed by atoms with Crippen LogP contribution in [0.3, 0.4) is 0 Å². The van der Waals surface area contributed by atoms with Gasteiger partial charge in [-0.25, -0.2) is 0 Å². The summed E-state index contributed by atoms with van der Waals surface area (Å²) in [7, 11) is 1.71. The number of primary amides is 1. The van der Waals surface area contributed by atoms with Crippen molar-refractivity contribution in [3.63, 3.8) is 0 Å². The van der Waals surface area contributed by atoms with Gasteiger partial charge in [0.15, 0.2) is 0 Å². The van der Waals surface area contributed by atoms with E-state index in [1.807, 2.05) is 6.21 Å². The number of carbonyl (C=O) groups excluding carboxylic acids is 1. The molecule has 17 heavy (non-hydrogen) atoms. The van der Waals surface area contributed by atoms with E-state index < -0.39 is 0 Å². The monoisotopic (exact) mass is 241 g/mol. The summed E-state index contributed by atoms with van der Waals surface area (Å²) in [5, 5.41) is 0. The normalized spacial score (nSPS) is 34.0. The Balaban J connectivity index is 3.03. The highest BCUT2D eigenvalue weighted by Crippen LogP contribution is 2.37. The minimum atomic E-state index is -0.383. The van der Waals surface area contributed by atoms with Crippen molar-refractivity contribution in [2.75, 3.05) is 13.7 Å². The van der Waals surface area contributed by atoms with E-state index in [9.17, 15) is 4.79 Å². The lowest BCUT2D eigenvalue weighted by atomic mass is 9.74. The third-order valence-corrected chi connectivity index (χ3v) is 4.16. The van der Waals surface area contributed by atoms with Gasteiger partial charge in [-0.05, 0) is 24.7 Å². The predicted molar refractivity (Wildman–Crippen MR) is 68.4 cm³/mol. The molecule has 0 saturated carbocycles. The van der Waals surface area contributed by atoms with Crippen LogP contribution in [0.25, 0.3) is 0 Å². The van der Waals surface area contributed by atoms with Crippen LogP contribution >= 0.6 is 0 Å². The topological polar surface area (TPSA) is 55.3 Å². The maximum absolute atomic E-state index is 11.4. The number of nitrogens with zero attached hydrogens (tertiary/aromatic N) is 1. The Morgan fingerprint density at radius 2 is 2.24 bits per heavy atom. The Kier molecular flexibility index (Phi) is 4.69. The molecular formula is C13H25N2O2+. The fourth-order valence-electron chi connectivity index (χ4n) is 2.64. The van der Waals surface area contributed by atoms with Gasteiger partial charge in [0.05, 0.1) is 6.21 Å². The summed E-state index contributed by atoms with van der Waals surface area (Å²) >= 11 is 0. The molecule has 0 aromatic heterocycles. The molecule has 0 aromatic rings. The molecule has 1 heterocycles. The average molecular weight is 241 g/mol. The maximum atomic E-state index is 11.4. The van der Waals surface area contributed by atoms with Crippen molar-refractivity contribution in [1.82, 2.24) is 0 Å². The first-order valence-corrected chi connectivity index (χ1v) is 6.40. The Hall–Kier alpha value is -0.900. The van der Waals surface area contributed by atoms with Crippen LogP contribution in [-0.4, -0.2) is 36.6 Å². The van der Waals surface area contributed by atoms with Crippen LogP contribution in [0.4, 0.5) is 4.79 Å². The fourth-order valence-corrected chi connectivity index (χ4v) is 2.64. The van der Waals surface area contributed by atoms with Crippen LogP contribution in [0, 0.1) is 11.3 Å². The highest BCUT2D eigenvalue weighted by Gasteiger charge is 2.39. The highest BCUT2D eigenvalue weighted by atomic mass is 16.5. The van der Waals surface area contributed by atoms with Crippen LogP contribution in [0.5, 0.6) is 0 Å². The zero-order valence-corrected chi connectivity index (χ0v) is 11.4. The molecule has 1 aliphatic heterocycles. The summed E-state index contributed by atoms with van der Waals surface area (Å²) in [6.45, 7) is 7.12. The van der Waals surface area contributed by atoms with Gasteiger partial charge in [0.1, 0.15) is 12.6 Å². The van der Waals surface area contributed by atoms with E-state index in [0.717, 1.165) is 19.3 Å². The third kappa shape index (κ3) is 3.06. The standard InChI is InChI=1S/C13H24N2O2/c1-5-10-7-13(3,6-2)11(17-4)9-15(8-10)12(14)16/h8,10-11H,5-7,9H2,1-4H3,(H-,14,16)/p+1. The zero-order valence-electron chi connectivity index (χ0n) is 11.4. The van der Waals surface area contributed by atoms with Crippen molar-refractivity contribution in [3.05, 3.63) is 0 Å². The first-order valence-electron chi connectivity index (χ1n) is 6.40. The molecule has 98 valence electrons. The quantitative estimate of drug-likeness (QED) is 0.768. The largest absolute Gasteiger partial charge is 0.488 e. The lowest BCUT2D eigenvalue weighted by molar-refractivity contribution is -0.438. The first kappa shape index (κ1) is 14.2. The Bertz CT molecular complexity index is 315. The molecule has 0 aliphatic carbocycles.